The SMILES string of the molecule is O=C(O)c1cccc(OCc2ccccc2Cl)c1OCc1ccc[n+]([O-])c1Cl. The number of rotatable bonds is 7. The molecule has 6 nitrogen and oxygen atoms in total. The molecule has 0 saturated carbocycles. The van der Waals surface area contributed by atoms with Crippen LogP contribution in [0.4, 0.5) is 0 Å². The predicted molar refractivity (Wildman–Crippen MR) is 104 cm³/mol. The van der Waals surface area contributed by atoms with E-state index >= 15 is 0 Å². The van der Waals surface area contributed by atoms with Crippen LogP contribution in [-0.4, -0.2) is 11.1 Å². The third kappa shape index (κ3) is 4.47. The summed E-state index contributed by atoms with van der Waals surface area (Å²) in [4.78, 5) is 11.6. The van der Waals surface area contributed by atoms with Gasteiger partial charge in [0.05, 0.1) is 5.56 Å². The standard InChI is InChI=1S/C20H15Cl2NO5/c21-16-8-2-1-5-13(16)11-27-17-9-3-7-15(20(24)25)18(17)28-12-14-6-4-10-23(26)19(14)22/h1-10H,11-12H2,(H,24,25). The number of aromatic nitrogens is 1. The maximum absolute atomic E-state index is 11.6. The van der Waals surface area contributed by atoms with Crippen molar-refractivity contribution in [3.8, 4) is 11.5 Å². The molecule has 0 fully saturated rings. The van der Waals surface area contributed by atoms with E-state index in [1.807, 2.05) is 6.07 Å². The maximum atomic E-state index is 11.6. The van der Waals surface area contributed by atoms with Gasteiger partial charge in [-0.1, -0.05) is 35.9 Å². The molecule has 0 unspecified atom stereocenters. The summed E-state index contributed by atoms with van der Waals surface area (Å²) in [5, 5.41) is 21.6. The third-order valence-corrected chi connectivity index (χ3v) is 4.68. The largest absolute Gasteiger partial charge is 0.618 e. The summed E-state index contributed by atoms with van der Waals surface area (Å²) in [7, 11) is 0. The summed E-state index contributed by atoms with van der Waals surface area (Å²) < 4.78 is 12.0. The van der Waals surface area contributed by atoms with Crippen LogP contribution in [0, 0.1) is 5.21 Å². The fourth-order valence-electron chi connectivity index (χ4n) is 2.49. The van der Waals surface area contributed by atoms with Crippen molar-refractivity contribution < 1.29 is 24.1 Å². The fourth-order valence-corrected chi connectivity index (χ4v) is 2.85. The number of nitrogens with zero attached hydrogens (tertiary/aromatic N) is 1. The molecule has 1 heterocycles. The Morgan fingerprint density at radius 3 is 2.43 bits per heavy atom. The lowest BCUT2D eigenvalue weighted by Gasteiger charge is -2.15. The van der Waals surface area contributed by atoms with Crippen LogP contribution < -0.4 is 14.2 Å². The quantitative estimate of drug-likeness (QED) is 0.346. The molecule has 0 saturated heterocycles. The van der Waals surface area contributed by atoms with E-state index in [9.17, 15) is 15.1 Å². The van der Waals surface area contributed by atoms with E-state index in [4.69, 9.17) is 32.7 Å². The number of benzene rings is 2. The van der Waals surface area contributed by atoms with Crippen LogP contribution in [-0.2, 0) is 13.2 Å². The summed E-state index contributed by atoms with van der Waals surface area (Å²) in [5.74, 6) is -0.891. The third-order valence-electron chi connectivity index (χ3n) is 3.90. The highest BCUT2D eigenvalue weighted by Crippen LogP contribution is 2.33. The molecule has 0 amide bonds. The van der Waals surface area contributed by atoms with Crippen LogP contribution in [0.1, 0.15) is 21.5 Å². The van der Waals surface area contributed by atoms with Gasteiger partial charge in [-0.2, -0.15) is 4.73 Å². The van der Waals surface area contributed by atoms with Gasteiger partial charge in [0.2, 0.25) is 0 Å². The smallest absolute Gasteiger partial charge is 0.339 e. The monoisotopic (exact) mass is 419 g/mol. The summed E-state index contributed by atoms with van der Waals surface area (Å²) in [5.41, 5.74) is 1.09. The molecule has 0 aliphatic heterocycles. The van der Waals surface area contributed by atoms with Crippen molar-refractivity contribution in [2.75, 3.05) is 0 Å². The van der Waals surface area contributed by atoms with Gasteiger partial charge < -0.3 is 19.8 Å². The molecule has 28 heavy (non-hydrogen) atoms. The molecule has 0 atom stereocenters. The summed E-state index contributed by atoms with van der Waals surface area (Å²) in [6.45, 7) is 0.0282. The van der Waals surface area contributed by atoms with Crippen LogP contribution in [0.3, 0.4) is 0 Å². The molecule has 0 aliphatic carbocycles. The van der Waals surface area contributed by atoms with Gasteiger partial charge in [-0.15, -0.1) is 0 Å². The lowest BCUT2D eigenvalue weighted by Crippen LogP contribution is -2.28. The molecule has 1 N–H and O–H groups in total. The Hall–Kier alpha value is -2.96. The van der Waals surface area contributed by atoms with Crippen molar-refractivity contribution in [3.05, 3.63) is 92.9 Å². The van der Waals surface area contributed by atoms with Gasteiger partial charge >= 0.3 is 5.97 Å². The average Bonchev–Trinajstić information content (AvgIpc) is 2.68. The van der Waals surface area contributed by atoms with E-state index in [2.05, 4.69) is 0 Å². The van der Waals surface area contributed by atoms with Crippen molar-refractivity contribution in [1.29, 1.82) is 0 Å². The Morgan fingerprint density at radius 2 is 1.68 bits per heavy atom. The number of hydrogen-bond acceptors (Lipinski definition) is 4. The number of halogens is 2. The molecular formula is C20H15Cl2NO5. The average molecular weight is 420 g/mol. The number of ether oxygens (including phenoxy) is 2. The number of hydrogen-bond donors (Lipinski definition) is 1. The van der Waals surface area contributed by atoms with Gasteiger partial charge in [0.15, 0.2) is 17.7 Å². The van der Waals surface area contributed by atoms with Gasteiger partial charge in [-0.3, -0.25) is 0 Å². The Balaban J connectivity index is 1.86. The zero-order chi connectivity index (χ0) is 20.1. The summed E-state index contributed by atoms with van der Waals surface area (Å²) in [6, 6.07) is 14.9. The molecule has 0 spiro atoms. The first-order valence-corrected chi connectivity index (χ1v) is 8.95. The van der Waals surface area contributed by atoms with Crippen LogP contribution in [0.2, 0.25) is 10.2 Å². The number of carboxylic acid groups (broad SMARTS) is 1. The molecule has 1 aromatic heterocycles. The van der Waals surface area contributed by atoms with Crippen LogP contribution >= 0.6 is 23.2 Å². The van der Waals surface area contributed by atoms with Crippen molar-refractivity contribution >= 4 is 29.2 Å². The molecule has 0 aliphatic rings. The zero-order valence-corrected chi connectivity index (χ0v) is 16.0. The first kappa shape index (κ1) is 19.8. The summed E-state index contributed by atoms with van der Waals surface area (Å²) in [6.07, 6.45) is 1.26. The van der Waals surface area contributed by atoms with E-state index in [0.29, 0.717) is 15.3 Å². The Morgan fingerprint density at radius 1 is 0.964 bits per heavy atom. The number of carbonyl (C=O) groups is 1. The molecule has 0 bridgehead atoms. The Bertz CT molecular complexity index is 1010. The minimum absolute atomic E-state index is 0.0411. The topological polar surface area (TPSA) is 82.7 Å². The van der Waals surface area contributed by atoms with Gasteiger partial charge in [-0.25, -0.2) is 4.79 Å². The lowest BCUT2D eigenvalue weighted by atomic mass is 10.2. The first-order valence-electron chi connectivity index (χ1n) is 8.19. The first-order chi connectivity index (χ1) is 13.5. The highest BCUT2D eigenvalue weighted by Gasteiger charge is 2.19. The second-order valence-corrected chi connectivity index (χ2v) is 6.52. The summed E-state index contributed by atoms with van der Waals surface area (Å²) >= 11 is 12.1. The normalized spacial score (nSPS) is 10.5. The van der Waals surface area contributed by atoms with Crippen molar-refractivity contribution in [1.82, 2.24) is 0 Å². The van der Waals surface area contributed by atoms with Gasteiger partial charge in [-0.05, 0) is 35.9 Å². The van der Waals surface area contributed by atoms with E-state index in [1.165, 1.54) is 18.3 Å². The molecule has 144 valence electrons. The lowest BCUT2D eigenvalue weighted by molar-refractivity contribution is -0.603. The number of para-hydroxylation sites is 1. The number of aromatic carboxylic acids is 1. The van der Waals surface area contributed by atoms with Gasteiger partial charge in [0, 0.05) is 16.7 Å². The molecule has 2 aromatic carbocycles. The fraction of sp³-hybridized carbons (Fsp3) is 0.100. The van der Waals surface area contributed by atoms with Crippen LogP contribution in [0.5, 0.6) is 11.5 Å². The highest BCUT2D eigenvalue weighted by molar-refractivity contribution is 6.31. The van der Waals surface area contributed by atoms with E-state index in [-0.39, 0.29) is 35.4 Å². The maximum Gasteiger partial charge on any atom is 0.339 e. The predicted octanol–water partition coefficient (Wildman–Crippen LogP) is 4.48. The Kier molecular flexibility index (Phi) is 6.23. The van der Waals surface area contributed by atoms with Crippen molar-refractivity contribution in [2.24, 2.45) is 0 Å². The zero-order valence-electron chi connectivity index (χ0n) is 14.5. The number of pyridine rings is 1. The molecule has 8 heteroatoms. The number of carboxylic acids is 1. The molecule has 3 aromatic rings. The highest BCUT2D eigenvalue weighted by atomic mass is 35.5. The minimum Gasteiger partial charge on any atom is -0.618 e. The van der Waals surface area contributed by atoms with Gasteiger partial charge in [0.1, 0.15) is 18.8 Å². The molecule has 0 radical (unpaired) electrons. The van der Waals surface area contributed by atoms with E-state index in [0.717, 1.165) is 5.56 Å². The Labute approximate surface area is 171 Å². The molecular weight excluding hydrogens is 405 g/mol. The van der Waals surface area contributed by atoms with Crippen LogP contribution in [0.15, 0.2) is 60.8 Å². The van der Waals surface area contributed by atoms with Crippen LogP contribution in [0.25, 0.3) is 0 Å². The van der Waals surface area contributed by atoms with Gasteiger partial charge in [0.25, 0.3) is 5.15 Å². The second kappa shape index (κ2) is 8.82. The molecule has 3 rings (SSSR count). The van der Waals surface area contributed by atoms with E-state index < -0.39 is 5.97 Å². The van der Waals surface area contributed by atoms with Crippen molar-refractivity contribution in [3.63, 3.8) is 0 Å². The van der Waals surface area contributed by atoms with E-state index in [1.54, 1.807) is 36.4 Å². The minimum atomic E-state index is -1.17. The van der Waals surface area contributed by atoms with Crippen molar-refractivity contribution in [2.45, 2.75) is 13.2 Å². The second-order valence-electron chi connectivity index (χ2n) is 5.76.